The molecule has 0 aliphatic heterocycles. The van der Waals surface area contributed by atoms with Crippen molar-refractivity contribution in [2.75, 3.05) is 13.2 Å². The Balaban J connectivity index is 2.52. The van der Waals surface area contributed by atoms with Gasteiger partial charge in [0, 0.05) is 6.08 Å². The molecule has 0 aromatic rings. The van der Waals surface area contributed by atoms with Gasteiger partial charge in [-0.25, -0.2) is 4.79 Å². The zero-order chi connectivity index (χ0) is 15.6. The summed E-state index contributed by atoms with van der Waals surface area (Å²) in [4.78, 5) is 23.2. The monoisotopic (exact) mass is 282 g/mol. The molecule has 1 rings (SSSR count). The van der Waals surface area contributed by atoms with Crippen LogP contribution in [0.1, 0.15) is 47.5 Å². The van der Waals surface area contributed by atoms with Crippen LogP contribution >= 0.6 is 0 Å². The van der Waals surface area contributed by atoms with E-state index in [1.807, 2.05) is 0 Å². The Hall–Kier alpha value is -1.32. The molecule has 0 aromatic carbocycles. The van der Waals surface area contributed by atoms with Gasteiger partial charge in [-0.15, -0.1) is 0 Å². The van der Waals surface area contributed by atoms with Crippen molar-refractivity contribution in [2.24, 2.45) is 16.2 Å². The highest BCUT2D eigenvalue weighted by atomic mass is 16.6. The molecule has 4 nitrogen and oxygen atoms in total. The zero-order valence-electron chi connectivity index (χ0n) is 13.2. The molecule has 1 aliphatic carbocycles. The molecule has 1 saturated carbocycles. The third kappa shape index (κ3) is 3.84. The minimum absolute atomic E-state index is 0.0187. The minimum Gasteiger partial charge on any atom is -0.462 e. The van der Waals surface area contributed by atoms with Crippen molar-refractivity contribution in [1.82, 2.24) is 0 Å². The highest BCUT2D eigenvalue weighted by Crippen LogP contribution is 2.68. The number of carbonyl (C=O) groups excluding carboxylic acids is 2. The van der Waals surface area contributed by atoms with E-state index >= 15 is 0 Å². The van der Waals surface area contributed by atoms with E-state index in [0.717, 1.165) is 18.9 Å². The van der Waals surface area contributed by atoms with Crippen LogP contribution in [0, 0.1) is 16.2 Å². The van der Waals surface area contributed by atoms with Gasteiger partial charge in [0.15, 0.2) is 0 Å². The Bertz CT molecular complexity index is 403. The maximum Gasteiger partial charge on any atom is 0.330 e. The summed E-state index contributed by atoms with van der Waals surface area (Å²) in [5, 5.41) is 0. The molecule has 0 N–H and O–H groups in total. The number of esters is 2. The van der Waals surface area contributed by atoms with Gasteiger partial charge in [0.25, 0.3) is 0 Å². The fourth-order valence-electron chi connectivity index (χ4n) is 2.81. The Labute approximate surface area is 121 Å². The maximum absolute atomic E-state index is 12.4. The third-order valence-corrected chi connectivity index (χ3v) is 3.86. The van der Waals surface area contributed by atoms with Gasteiger partial charge in [-0.05, 0) is 23.7 Å². The van der Waals surface area contributed by atoms with Crippen molar-refractivity contribution in [3.05, 3.63) is 12.7 Å². The van der Waals surface area contributed by atoms with Crippen LogP contribution in [-0.2, 0) is 19.1 Å². The largest absolute Gasteiger partial charge is 0.462 e. The molecular weight excluding hydrogens is 256 g/mol. The van der Waals surface area contributed by atoms with Crippen molar-refractivity contribution in [1.29, 1.82) is 0 Å². The summed E-state index contributed by atoms with van der Waals surface area (Å²) in [5.74, 6) is -0.677. The number of hydrogen-bond donors (Lipinski definition) is 0. The highest BCUT2D eigenvalue weighted by molar-refractivity contribution is 5.82. The summed E-state index contributed by atoms with van der Waals surface area (Å²) < 4.78 is 10.1. The first-order valence-corrected chi connectivity index (χ1v) is 7.00. The Morgan fingerprint density at radius 1 is 1.20 bits per heavy atom. The third-order valence-electron chi connectivity index (χ3n) is 3.86. The summed E-state index contributed by atoms with van der Waals surface area (Å²) in [6.45, 7) is 14.0. The molecule has 4 heteroatoms. The van der Waals surface area contributed by atoms with Crippen molar-refractivity contribution in [3.8, 4) is 0 Å². The fraction of sp³-hybridized carbons (Fsp3) is 0.750. The lowest BCUT2D eigenvalue weighted by Crippen LogP contribution is -2.29. The van der Waals surface area contributed by atoms with Gasteiger partial charge in [0.05, 0.1) is 5.41 Å². The van der Waals surface area contributed by atoms with Gasteiger partial charge in [-0.2, -0.15) is 0 Å². The normalized spacial score (nSPS) is 23.9. The molecule has 0 radical (unpaired) electrons. The smallest absolute Gasteiger partial charge is 0.330 e. The second-order valence-electron chi connectivity index (χ2n) is 7.39. The molecule has 1 fully saturated rings. The van der Waals surface area contributed by atoms with E-state index in [9.17, 15) is 9.59 Å². The second-order valence-corrected chi connectivity index (χ2v) is 7.39. The molecule has 114 valence electrons. The fourth-order valence-corrected chi connectivity index (χ4v) is 2.81. The summed E-state index contributed by atoms with van der Waals surface area (Å²) in [7, 11) is 0. The number of carbonyl (C=O) groups is 2. The SMILES string of the molecule is C=CC(=O)OCCOC(=O)C1(CC(C)(C)C)CC1(C)C. The van der Waals surface area contributed by atoms with E-state index < -0.39 is 11.4 Å². The van der Waals surface area contributed by atoms with Crippen LogP contribution in [0.15, 0.2) is 12.7 Å². The van der Waals surface area contributed by atoms with Gasteiger partial charge < -0.3 is 9.47 Å². The molecule has 1 aliphatic rings. The summed E-state index contributed by atoms with van der Waals surface area (Å²) in [6.07, 6.45) is 2.74. The average Bonchev–Trinajstić information content (AvgIpc) is 2.84. The molecule has 1 atom stereocenters. The lowest BCUT2D eigenvalue weighted by Gasteiger charge is -2.27. The predicted octanol–water partition coefficient (Wildman–Crippen LogP) is 3.11. The Kier molecular flexibility index (Phi) is 4.67. The van der Waals surface area contributed by atoms with Crippen LogP contribution in [0.4, 0.5) is 0 Å². The lowest BCUT2D eigenvalue weighted by molar-refractivity contribution is -0.157. The van der Waals surface area contributed by atoms with Gasteiger partial charge >= 0.3 is 11.9 Å². The number of ether oxygens (including phenoxy) is 2. The molecule has 0 bridgehead atoms. The van der Waals surface area contributed by atoms with Crippen molar-refractivity contribution >= 4 is 11.9 Å². The number of rotatable bonds is 6. The van der Waals surface area contributed by atoms with Crippen molar-refractivity contribution in [2.45, 2.75) is 47.5 Å². The first kappa shape index (κ1) is 16.7. The quantitative estimate of drug-likeness (QED) is 0.427. The van der Waals surface area contributed by atoms with Gasteiger partial charge in [0.2, 0.25) is 0 Å². The van der Waals surface area contributed by atoms with E-state index in [1.165, 1.54) is 0 Å². The van der Waals surface area contributed by atoms with Gasteiger partial charge in [-0.1, -0.05) is 41.2 Å². The number of hydrogen-bond acceptors (Lipinski definition) is 4. The first-order chi connectivity index (χ1) is 9.04. The second kappa shape index (κ2) is 5.58. The van der Waals surface area contributed by atoms with Crippen LogP contribution in [0.5, 0.6) is 0 Å². The minimum atomic E-state index is -0.503. The summed E-state index contributed by atoms with van der Waals surface area (Å²) in [5.41, 5.74) is -0.342. The first-order valence-electron chi connectivity index (χ1n) is 7.00. The van der Waals surface area contributed by atoms with Crippen LogP contribution in [-0.4, -0.2) is 25.2 Å². The predicted molar refractivity (Wildman–Crippen MR) is 77.0 cm³/mol. The lowest BCUT2D eigenvalue weighted by atomic mass is 9.79. The molecule has 0 saturated heterocycles. The van der Waals surface area contributed by atoms with E-state index in [0.29, 0.717) is 0 Å². The van der Waals surface area contributed by atoms with E-state index in [4.69, 9.17) is 9.47 Å². The van der Waals surface area contributed by atoms with Gasteiger partial charge in [0.1, 0.15) is 13.2 Å². The molecule has 20 heavy (non-hydrogen) atoms. The van der Waals surface area contributed by atoms with Crippen molar-refractivity contribution < 1.29 is 19.1 Å². The van der Waals surface area contributed by atoms with Crippen molar-refractivity contribution in [3.63, 3.8) is 0 Å². The van der Waals surface area contributed by atoms with Crippen LogP contribution in [0.25, 0.3) is 0 Å². The summed E-state index contributed by atoms with van der Waals surface area (Å²) >= 11 is 0. The molecular formula is C16H26O4. The zero-order valence-corrected chi connectivity index (χ0v) is 13.2. The Morgan fingerprint density at radius 3 is 2.10 bits per heavy atom. The molecule has 0 amide bonds. The van der Waals surface area contributed by atoms with Crippen LogP contribution in [0.3, 0.4) is 0 Å². The summed E-state index contributed by atoms with van der Waals surface area (Å²) in [6, 6.07) is 0. The average molecular weight is 282 g/mol. The van der Waals surface area contributed by atoms with Crippen LogP contribution in [0.2, 0.25) is 0 Å². The van der Waals surface area contributed by atoms with E-state index in [-0.39, 0.29) is 30.0 Å². The van der Waals surface area contributed by atoms with Crippen LogP contribution < -0.4 is 0 Å². The van der Waals surface area contributed by atoms with E-state index in [2.05, 4.69) is 41.2 Å². The van der Waals surface area contributed by atoms with Gasteiger partial charge in [-0.3, -0.25) is 4.79 Å². The molecule has 0 aromatic heterocycles. The molecule has 0 spiro atoms. The highest BCUT2D eigenvalue weighted by Gasteiger charge is 2.67. The standard InChI is InChI=1S/C16H26O4/c1-7-12(17)19-8-9-20-13(18)16(10-14(2,3)4)11-15(16,5)6/h7H,1,8-11H2,2-6H3. The molecule has 1 unspecified atom stereocenters. The topological polar surface area (TPSA) is 52.6 Å². The molecule has 0 heterocycles. The Morgan fingerprint density at radius 2 is 1.70 bits per heavy atom. The van der Waals surface area contributed by atoms with E-state index in [1.54, 1.807) is 0 Å². The maximum atomic E-state index is 12.4.